The van der Waals surface area contributed by atoms with Crippen LogP contribution < -0.4 is 20.8 Å². The van der Waals surface area contributed by atoms with Crippen molar-refractivity contribution in [3.63, 3.8) is 0 Å². The number of hydrogen-bond acceptors (Lipinski definition) is 5. The first-order valence-electron chi connectivity index (χ1n) is 10.3. The smallest absolute Gasteiger partial charge is 0.329 e. The molecule has 0 aliphatic heterocycles. The van der Waals surface area contributed by atoms with Crippen molar-refractivity contribution in [3.05, 3.63) is 89.2 Å². The molecule has 0 aliphatic rings. The number of aryl methyl sites for hydroxylation is 2. The second-order valence-corrected chi connectivity index (χ2v) is 7.31. The number of nitrogens with one attached hydrogen (secondary N) is 3. The third kappa shape index (κ3) is 6.73. The Morgan fingerprint density at radius 2 is 1.65 bits per heavy atom. The van der Waals surface area contributed by atoms with Gasteiger partial charge in [-0.2, -0.15) is 5.10 Å². The molecule has 0 heterocycles. The highest BCUT2D eigenvalue weighted by atomic mass is 19.1. The van der Waals surface area contributed by atoms with E-state index in [9.17, 15) is 18.8 Å². The fourth-order valence-corrected chi connectivity index (χ4v) is 2.83. The topological polar surface area (TPSA) is 109 Å². The van der Waals surface area contributed by atoms with Crippen LogP contribution in [0.2, 0.25) is 0 Å². The highest BCUT2D eigenvalue weighted by Gasteiger charge is 2.15. The van der Waals surface area contributed by atoms with Gasteiger partial charge in [-0.3, -0.25) is 14.4 Å². The summed E-state index contributed by atoms with van der Waals surface area (Å²) in [6.07, 6.45) is 1.27. The zero-order chi connectivity index (χ0) is 24.5. The highest BCUT2D eigenvalue weighted by molar-refractivity contribution is 6.39. The predicted octanol–water partition coefficient (Wildman–Crippen LogP) is 3.55. The summed E-state index contributed by atoms with van der Waals surface area (Å²) in [5.74, 6) is -2.81. The molecule has 9 heteroatoms. The van der Waals surface area contributed by atoms with Crippen LogP contribution in [0.5, 0.6) is 5.75 Å². The molecule has 0 saturated heterocycles. The van der Waals surface area contributed by atoms with Crippen molar-refractivity contribution < 1.29 is 23.5 Å². The molecule has 3 rings (SSSR count). The molecule has 0 unspecified atom stereocenters. The fraction of sp³-hybridized carbons (Fsp3) is 0.120. The lowest BCUT2D eigenvalue weighted by Crippen LogP contribution is -2.32. The van der Waals surface area contributed by atoms with Crippen molar-refractivity contribution >= 4 is 35.3 Å². The number of hydrogen-bond donors (Lipinski definition) is 3. The Kier molecular flexibility index (Phi) is 8.07. The van der Waals surface area contributed by atoms with Crippen molar-refractivity contribution in [3.8, 4) is 5.75 Å². The maximum atomic E-state index is 13.6. The Balaban J connectivity index is 1.54. The van der Waals surface area contributed by atoms with E-state index in [1.54, 1.807) is 24.3 Å². The number of carbonyl (C=O) groups excluding carboxylic acids is 3. The van der Waals surface area contributed by atoms with E-state index in [0.29, 0.717) is 17.0 Å². The summed E-state index contributed by atoms with van der Waals surface area (Å²) < 4.78 is 19.2. The minimum absolute atomic E-state index is 0.121. The zero-order valence-corrected chi connectivity index (χ0v) is 18.6. The number of benzene rings is 3. The van der Waals surface area contributed by atoms with E-state index in [0.717, 1.165) is 17.2 Å². The maximum absolute atomic E-state index is 13.6. The SMILES string of the molecule is Cc1ccc(NC(=O)COc2ccccc2/C=N\NC(=O)C(=O)Nc2ccccc2F)cc1C. The largest absolute Gasteiger partial charge is 0.483 e. The van der Waals surface area contributed by atoms with Gasteiger partial charge in [0.05, 0.1) is 11.9 Å². The standard InChI is InChI=1S/C25H23FN4O4/c1-16-11-12-19(13-17(16)2)28-23(31)15-34-22-10-6-3-7-18(22)14-27-30-25(33)24(32)29-21-9-5-4-8-20(21)26/h3-14H,15H2,1-2H3,(H,28,31)(H,29,32)(H,30,33)/b27-14-. The van der Waals surface area contributed by atoms with Gasteiger partial charge < -0.3 is 15.4 Å². The molecule has 0 fully saturated rings. The molecular formula is C25H23FN4O4. The molecule has 3 N–H and O–H groups in total. The molecule has 0 spiro atoms. The summed E-state index contributed by atoms with van der Waals surface area (Å²) in [7, 11) is 0. The predicted molar refractivity (Wildman–Crippen MR) is 127 cm³/mol. The van der Waals surface area contributed by atoms with Gasteiger partial charge in [0.25, 0.3) is 5.91 Å². The summed E-state index contributed by atoms with van der Waals surface area (Å²) in [6, 6.07) is 17.8. The lowest BCUT2D eigenvalue weighted by molar-refractivity contribution is -0.136. The molecule has 0 aromatic heterocycles. The van der Waals surface area contributed by atoms with Crippen LogP contribution in [-0.2, 0) is 14.4 Å². The molecule has 174 valence electrons. The number of hydrazone groups is 1. The molecule has 8 nitrogen and oxygen atoms in total. The van der Waals surface area contributed by atoms with Crippen molar-refractivity contribution in [2.75, 3.05) is 17.2 Å². The molecule has 0 aliphatic carbocycles. The zero-order valence-electron chi connectivity index (χ0n) is 18.6. The number of rotatable bonds is 7. The Hall–Kier alpha value is -4.53. The van der Waals surface area contributed by atoms with Crippen LogP contribution in [0.4, 0.5) is 15.8 Å². The number of ether oxygens (including phenoxy) is 1. The van der Waals surface area contributed by atoms with Crippen molar-refractivity contribution in [1.82, 2.24) is 5.43 Å². The van der Waals surface area contributed by atoms with Gasteiger partial charge >= 0.3 is 11.8 Å². The van der Waals surface area contributed by atoms with E-state index >= 15 is 0 Å². The third-order valence-electron chi connectivity index (χ3n) is 4.77. The summed E-state index contributed by atoms with van der Waals surface area (Å²) in [4.78, 5) is 36.1. The number of para-hydroxylation sites is 2. The van der Waals surface area contributed by atoms with Crippen LogP contribution in [0.15, 0.2) is 71.8 Å². The van der Waals surface area contributed by atoms with Crippen LogP contribution in [0.25, 0.3) is 0 Å². The van der Waals surface area contributed by atoms with Gasteiger partial charge in [0.1, 0.15) is 11.6 Å². The maximum Gasteiger partial charge on any atom is 0.329 e. The van der Waals surface area contributed by atoms with Gasteiger partial charge in [0.15, 0.2) is 6.61 Å². The average molecular weight is 462 g/mol. The van der Waals surface area contributed by atoms with Crippen LogP contribution in [-0.4, -0.2) is 30.5 Å². The van der Waals surface area contributed by atoms with E-state index in [1.165, 1.54) is 24.4 Å². The quantitative estimate of drug-likeness (QED) is 0.283. The summed E-state index contributed by atoms with van der Waals surface area (Å²) in [5.41, 5.74) is 5.27. The molecular weight excluding hydrogens is 439 g/mol. The molecule has 0 atom stereocenters. The molecule has 34 heavy (non-hydrogen) atoms. The van der Waals surface area contributed by atoms with Crippen LogP contribution in [0, 0.1) is 19.7 Å². The first kappa shape index (κ1) is 24.1. The highest BCUT2D eigenvalue weighted by Crippen LogP contribution is 2.17. The lowest BCUT2D eigenvalue weighted by Gasteiger charge is -2.10. The van der Waals surface area contributed by atoms with Crippen molar-refractivity contribution in [2.24, 2.45) is 5.10 Å². The summed E-state index contributed by atoms with van der Waals surface area (Å²) >= 11 is 0. The van der Waals surface area contributed by atoms with Gasteiger partial charge in [0.2, 0.25) is 0 Å². The Bertz CT molecular complexity index is 1240. The normalized spacial score (nSPS) is 10.6. The monoisotopic (exact) mass is 462 g/mol. The first-order valence-corrected chi connectivity index (χ1v) is 10.3. The van der Waals surface area contributed by atoms with Gasteiger partial charge in [-0.15, -0.1) is 0 Å². The minimum Gasteiger partial charge on any atom is -0.483 e. The fourth-order valence-electron chi connectivity index (χ4n) is 2.83. The Labute approximate surface area is 195 Å². The average Bonchev–Trinajstić information content (AvgIpc) is 2.82. The number of amides is 3. The van der Waals surface area contributed by atoms with Crippen LogP contribution >= 0.6 is 0 Å². The number of halogens is 1. The van der Waals surface area contributed by atoms with Gasteiger partial charge in [0, 0.05) is 11.3 Å². The van der Waals surface area contributed by atoms with Crippen molar-refractivity contribution in [1.29, 1.82) is 0 Å². The van der Waals surface area contributed by atoms with E-state index in [2.05, 4.69) is 21.2 Å². The van der Waals surface area contributed by atoms with E-state index in [4.69, 9.17) is 4.74 Å². The lowest BCUT2D eigenvalue weighted by atomic mass is 10.1. The second kappa shape index (κ2) is 11.4. The summed E-state index contributed by atoms with van der Waals surface area (Å²) in [6.45, 7) is 3.70. The molecule has 0 bridgehead atoms. The van der Waals surface area contributed by atoms with Gasteiger partial charge in [-0.1, -0.05) is 30.3 Å². The number of nitrogens with zero attached hydrogens (tertiary/aromatic N) is 1. The van der Waals surface area contributed by atoms with Gasteiger partial charge in [-0.25, -0.2) is 9.82 Å². The Morgan fingerprint density at radius 3 is 2.41 bits per heavy atom. The molecule has 3 aromatic rings. The molecule has 0 radical (unpaired) electrons. The Morgan fingerprint density at radius 1 is 0.912 bits per heavy atom. The minimum atomic E-state index is -1.08. The van der Waals surface area contributed by atoms with Crippen LogP contribution in [0.1, 0.15) is 16.7 Å². The van der Waals surface area contributed by atoms with Gasteiger partial charge in [-0.05, 0) is 61.4 Å². The number of carbonyl (C=O) groups is 3. The van der Waals surface area contributed by atoms with E-state index < -0.39 is 17.6 Å². The second-order valence-electron chi connectivity index (χ2n) is 7.31. The molecule has 0 saturated carbocycles. The summed E-state index contributed by atoms with van der Waals surface area (Å²) in [5, 5.41) is 8.67. The number of anilines is 2. The van der Waals surface area contributed by atoms with E-state index in [1.807, 2.05) is 32.0 Å². The van der Waals surface area contributed by atoms with Crippen molar-refractivity contribution in [2.45, 2.75) is 13.8 Å². The van der Waals surface area contributed by atoms with E-state index in [-0.39, 0.29) is 18.2 Å². The first-order chi connectivity index (χ1) is 16.3. The molecule has 3 aromatic carbocycles. The third-order valence-corrected chi connectivity index (χ3v) is 4.77. The van der Waals surface area contributed by atoms with Crippen LogP contribution in [0.3, 0.4) is 0 Å². The molecule has 3 amide bonds.